The van der Waals surface area contributed by atoms with E-state index in [4.69, 9.17) is 4.74 Å². The van der Waals surface area contributed by atoms with Crippen LogP contribution >= 0.6 is 0 Å². The average molecular weight is 213 g/mol. The molecule has 15 heavy (non-hydrogen) atoms. The van der Waals surface area contributed by atoms with Gasteiger partial charge in [0.2, 0.25) is 0 Å². The average Bonchev–Trinajstić information content (AvgIpc) is 2.62. The summed E-state index contributed by atoms with van der Waals surface area (Å²) in [7, 11) is 1.43. The minimum atomic E-state index is -0.161. The van der Waals surface area contributed by atoms with Gasteiger partial charge < -0.3 is 14.8 Å². The van der Waals surface area contributed by atoms with E-state index in [0.29, 0.717) is 11.8 Å². The Morgan fingerprint density at radius 2 is 2.27 bits per heavy atom. The van der Waals surface area contributed by atoms with Gasteiger partial charge in [0.15, 0.2) is 0 Å². The normalized spacial score (nSPS) is 29.3. The van der Waals surface area contributed by atoms with E-state index < -0.39 is 0 Å². The lowest BCUT2D eigenvalue weighted by atomic mass is 9.77. The third-order valence-electron chi connectivity index (χ3n) is 3.57. The van der Waals surface area contributed by atoms with Gasteiger partial charge in [-0.05, 0) is 37.8 Å². The highest BCUT2D eigenvalue weighted by Crippen LogP contribution is 2.41. The van der Waals surface area contributed by atoms with Crippen LogP contribution in [0.1, 0.15) is 25.7 Å². The van der Waals surface area contributed by atoms with Crippen LogP contribution in [0.4, 0.5) is 0 Å². The third-order valence-corrected chi connectivity index (χ3v) is 3.57. The fraction of sp³-hybridized carbons (Fsp3) is 0.909. The zero-order chi connectivity index (χ0) is 10.7. The van der Waals surface area contributed by atoms with Crippen molar-refractivity contribution in [3.05, 3.63) is 0 Å². The Morgan fingerprint density at radius 3 is 2.93 bits per heavy atom. The lowest BCUT2D eigenvalue weighted by Gasteiger charge is -2.32. The van der Waals surface area contributed by atoms with Crippen molar-refractivity contribution in [2.45, 2.75) is 31.8 Å². The predicted molar refractivity (Wildman–Crippen MR) is 55.5 cm³/mol. The zero-order valence-corrected chi connectivity index (χ0v) is 9.25. The van der Waals surface area contributed by atoms with Crippen LogP contribution in [-0.2, 0) is 14.3 Å². The molecule has 86 valence electrons. The molecule has 4 heteroatoms. The van der Waals surface area contributed by atoms with Crippen LogP contribution in [0.25, 0.3) is 0 Å². The van der Waals surface area contributed by atoms with Gasteiger partial charge in [-0.3, -0.25) is 4.79 Å². The second-order valence-corrected chi connectivity index (χ2v) is 4.67. The molecule has 2 aliphatic heterocycles. The summed E-state index contributed by atoms with van der Waals surface area (Å²) in [6, 6.07) is 0. The number of piperidine rings is 1. The van der Waals surface area contributed by atoms with Crippen LogP contribution in [-0.4, -0.2) is 38.9 Å². The van der Waals surface area contributed by atoms with Crippen molar-refractivity contribution in [2.75, 3.05) is 26.8 Å². The first-order valence-electron chi connectivity index (χ1n) is 5.63. The molecular weight excluding hydrogens is 194 g/mol. The molecule has 0 saturated carbocycles. The van der Waals surface area contributed by atoms with E-state index in [2.05, 4.69) is 10.1 Å². The molecule has 2 rings (SSSR count). The van der Waals surface area contributed by atoms with E-state index in [-0.39, 0.29) is 12.1 Å². The lowest BCUT2D eigenvalue weighted by molar-refractivity contribution is -0.143. The number of rotatable bonds is 2. The second kappa shape index (κ2) is 4.49. The zero-order valence-electron chi connectivity index (χ0n) is 9.25. The molecule has 0 aromatic carbocycles. The maximum atomic E-state index is 11.1. The van der Waals surface area contributed by atoms with E-state index >= 15 is 0 Å². The Balaban J connectivity index is 1.85. The number of esters is 1. The molecule has 2 saturated heterocycles. The summed E-state index contributed by atoms with van der Waals surface area (Å²) in [5.41, 5.74) is 0.337. The molecule has 2 fully saturated rings. The standard InChI is InChI=1S/C11H19NO3/c1-14-10(13)6-9-7-11(8-15-9)2-4-12-5-3-11/h9,12H,2-8H2,1H3. The minimum Gasteiger partial charge on any atom is -0.469 e. The first-order valence-corrected chi connectivity index (χ1v) is 5.63. The highest BCUT2D eigenvalue weighted by Gasteiger charge is 2.41. The summed E-state index contributed by atoms with van der Waals surface area (Å²) in [6.45, 7) is 2.97. The van der Waals surface area contributed by atoms with Crippen molar-refractivity contribution >= 4 is 5.97 Å². The van der Waals surface area contributed by atoms with Gasteiger partial charge in [-0.15, -0.1) is 0 Å². The van der Waals surface area contributed by atoms with E-state index in [1.165, 1.54) is 20.0 Å². The number of hydrogen-bond acceptors (Lipinski definition) is 4. The highest BCUT2D eigenvalue weighted by molar-refractivity contribution is 5.69. The topological polar surface area (TPSA) is 47.6 Å². The molecular formula is C11H19NO3. The van der Waals surface area contributed by atoms with Gasteiger partial charge in [-0.1, -0.05) is 0 Å². The fourth-order valence-corrected chi connectivity index (χ4v) is 2.60. The molecule has 0 aromatic heterocycles. The van der Waals surface area contributed by atoms with Crippen molar-refractivity contribution in [3.8, 4) is 0 Å². The van der Waals surface area contributed by atoms with Crippen LogP contribution < -0.4 is 5.32 Å². The maximum Gasteiger partial charge on any atom is 0.308 e. The quantitative estimate of drug-likeness (QED) is 0.686. The van der Waals surface area contributed by atoms with Gasteiger partial charge >= 0.3 is 5.97 Å². The predicted octanol–water partition coefficient (Wildman–Crippen LogP) is 0.708. The van der Waals surface area contributed by atoms with Crippen molar-refractivity contribution in [1.82, 2.24) is 5.32 Å². The summed E-state index contributed by atoms with van der Waals surface area (Å²) in [4.78, 5) is 11.1. The molecule has 1 unspecified atom stereocenters. The molecule has 0 aromatic rings. The first kappa shape index (κ1) is 10.9. The fourth-order valence-electron chi connectivity index (χ4n) is 2.60. The van der Waals surface area contributed by atoms with Gasteiger partial charge in [-0.2, -0.15) is 0 Å². The Hall–Kier alpha value is -0.610. The van der Waals surface area contributed by atoms with Crippen LogP contribution in [0.2, 0.25) is 0 Å². The maximum absolute atomic E-state index is 11.1. The second-order valence-electron chi connectivity index (χ2n) is 4.67. The molecule has 1 spiro atoms. The molecule has 0 aliphatic carbocycles. The van der Waals surface area contributed by atoms with Crippen molar-refractivity contribution in [1.29, 1.82) is 0 Å². The number of carbonyl (C=O) groups is 1. The molecule has 0 amide bonds. The number of carbonyl (C=O) groups excluding carboxylic acids is 1. The van der Waals surface area contributed by atoms with E-state index in [9.17, 15) is 4.79 Å². The number of nitrogens with one attached hydrogen (secondary N) is 1. The summed E-state index contributed by atoms with van der Waals surface area (Å²) < 4.78 is 10.3. The van der Waals surface area contributed by atoms with Gasteiger partial charge in [-0.25, -0.2) is 0 Å². The van der Waals surface area contributed by atoms with E-state index in [1.54, 1.807) is 0 Å². The number of hydrogen-bond donors (Lipinski definition) is 1. The Morgan fingerprint density at radius 1 is 1.53 bits per heavy atom. The van der Waals surface area contributed by atoms with Crippen LogP contribution in [0.5, 0.6) is 0 Å². The molecule has 0 radical (unpaired) electrons. The molecule has 1 N–H and O–H groups in total. The van der Waals surface area contributed by atoms with Crippen LogP contribution in [0.3, 0.4) is 0 Å². The number of ether oxygens (including phenoxy) is 2. The number of methoxy groups -OCH3 is 1. The Kier molecular flexibility index (Phi) is 3.26. The van der Waals surface area contributed by atoms with Gasteiger partial charge in [0.25, 0.3) is 0 Å². The molecule has 4 nitrogen and oxygen atoms in total. The molecule has 2 aliphatic rings. The molecule has 1 atom stereocenters. The largest absolute Gasteiger partial charge is 0.469 e. The SMILES string of the molecule is COC(=O)CC1CC2(CCNCC2)CO1. The van der Waals surface area contributed by atoms with Gasteiger partial charge in [0.1, 0.15) is 0 Å². The third kappa shape index (κ3) is 2.49. The van der Waals surface area contributed by atoms with E-state index in [0.717, 1.165) is 26.1 Å². The molecule has 0 bridgehead atoms. The van der Waals surface area contributed by atoms with Crippen LogP contribution in [0, 0.1) is 5.41 Å². The smallest absolute Gasteiger partial charge is 0.308 e. The van der Waals surface area contributed by atoms with Gasteiger partial charge in [0.05, 0.1) is 26.2 Å². The monoisotopic (exact) mass is 213 g/mol. The highest BCUT2D eigenvalue weighted by atomic mass is 16.5. The lowest BCUT2D eigenvalue weighted by Crippen LogP contribution is -2.37. The van der Waals surface area contributed by atoms with Crippen molar-refractivity contribution < 1.29 is 14.3 Å². The Labute approximate surface area is 90.3 Å². The van der Waals surface area contributed by atoms with Crippen molar-refractivity contribution in [3.63, 3.8) is 0 Å². The first-order chi connectivity index (χ1) is 7.24. The molecule has 2 heterocycles. The summed E-state index contributed by atoms with van der Waals surface area (Å²) in [5.74, 6) is -0.161. The summed E-state index contributed by atoms with van der Waals surface area (Å²) >= 11 is 0. The summed E-state index contributed by atoms with van der Waals surface area (Å²) in [5, 5.41) is 3.36. The Bertz CT molecular complexity index is 236. The van der Waals surface area contributed by atoms with Gasteiger partial charge in [0, 0.05) is 0 Å². The van der Waals surface area contributed by atoms with Crippen molar-refractivity contribution in [2.24, 2.45) is 5.41 Å². The minimum absolute atomic E-state index is 0.0792. The summed E-state index contributed by atoms with van der Waals surface area (Å²) in [6.07, 6.45) is 3.85. The van der Waals surface area contributed by atoms with Crippen LogP contribution in [0.15, 0.2) is 0 Å². The van der Waals surface area contributed by atoms with E-state index in [1.807, 2.05) is 0 Å².